The second-order valence-corrected chi connectivity index (χ2v) is 6.40. The van der Waals surface area contributed by atoms with Crippen molar-refractivity contribution in [2.45, 2.75) is 58.9 Å². The molecule has 0 aromatic rings. The molecular formula is C15H28N2O3. The second-order valence-electron chi connectivity index (χ2n) is 6.40. The number of rotatable bonds is 6. The molecule has 0 saturated heterocycles. The van der Waals surface area contributed by atoms with Crippen molar-refractivity contribution in [3.05, 3.63) is 0 Å². The number of hydrogen-bond donors (Lipinski definition) is 3. The predicted molar refractivity (Wildman–Crippen MR) is 78.1 cm³/mol. The highest BCUT2D eigenvalue weighted by molar-refractivity contribution is 5.83. The lowest BCUT2D eigenvalue weighted by Crippen LogP contribution is -2.50. The first-order chi connectivity index (χ1) is 9.32. The van der Waals surface area contributed by atoms with Gasteiger partial charge in [0.1, 0.15) is 0 Å². The summed E-state index contributed by atoms with van der Waals surface area (Å²) in [5.41, 5.74) is 5.06. The van der Waals surface area contributed by atoms with E-state index in [1.807, 2.05) is 13.8 Å². The Balaban J connectivity index is 2.60. The number of nitrogens with two attached hydrogens (primary N) is 1. The third kappa shape index (κ3) is 3.95. The molecule has 0 aliphatic heterocycles. The van der Waals surface area contributed by atoms with Gasteiger partial charge in [0.05, 0.1) is 11.5 Å². The van der Waals surface area contributed by atoms with Crippen LogP contribution in [0.15, 0.2) is 0 Å². The summed E-state index contributed by atoms with van der Waals surface area (Å²) in [4.78, 5) is 23.6. The number of carbonyl (C=O) groups excluding carboxylic acids is 1. The Morgan fingerprint density at radius 1 is 1.40 bits per heavy atom. The molecule has 0 aromatic heterocycles. The van der Waals surface area contributed by atoms with Gasteiger partial charge in [-0.25, -0.2) is 0 Å². The van der Waals surface area contributed by atoms with Crippen LogP contribution in [0.4, 0.5) is 0 Å². The molecular weight excluding hydrogens is 256 g/mol. The van der Waals surface area contributed by atoms with Crippen LogP contribution in [0.2, 0.25) is 0 Å². The van der Waals surface area contributed by atoms with Gasteiger partial charge in [-0.2, -0.15) is 0 Å². The average molecular weight is 284 g/mol. The SMILES string of the molecule is CC[C@H](C)[C@H](N)C(=O)NCC1(C(=O)O)CCC(C)CC1. The molecule has 1 fully saturated rings. The normalized spacial score (nSPS) is 29.5. The van der Waals surface area contributed by atoms with Crippen molar-refractivity contribution in [3.63, 3.8) is 0 Å². The van der Waals surface area contributed by atoms with Crippen LogP contribution >= 0.6 is 0 Å². The van der Waals surface area contributed by atoms with Gasteiger partial charge in [0.15, 0.2) is 0 Å². The summed E-state index contributed by atoms with van der Waals surface area (Å²) < 4.78 is 0. The largest absolute Gasteiger partial charge is 0.481 e. The maximum Gasteiger partial charge on any atom is 0.311 e. The van der Waals surface area contributed by atoms with E-state index >= 15 is 0 Å². The molecule has 0 spiro atoms. The van der Waals surface area contributed by atoms with E-state index in [4.69, 9.17) is 5.73 Å². The number of aliphatic carboxylic acids is 1. The Hall–Kier alpha value is -1.10. The van der Waals surface area contributed by atoms with E-state index in [0.717, 1.165) is 19.3 Å². The monoisotopic (exact) mass is 284 g/mol. The van der Waals surface area contributed by atoms with Gasteiger partial charge in [0, 0.05) is 6.54 Å². The minimum Gasteiger partial charge on any atom is -0.481 e. The van der Waals surface area contributed by atoms with Gasteiger partial charge < -0.3 is 16.2 Å². The van der Waals surface area contributed by atoms with E-state index in [2.05, 4.69) is 12.2 Å². The van der Waals surface area contributed by atoms with E-state index in [9.17, 15) is 14.7 Å². The molecule has 5 nitrogen and oxygen atoms in total. The number of carboxylic acid groups (broad SMARTS) is 1. The summed E-state index contributed by atoms with van der Waals surface area (Å²) >= 11 is 0. The maximum absolute atomic E-state index is 12.0. The molecule has 1 aliphatic rings. The lowest BCUT2D eigenvalue weighted by Gasteiger charge is -2.36. The van der Waals surface area contributed by atoms with Gasteiger partial charge in [-0.1, -0.05) is 27.2 Å². The summed E-state index contributed by atoms with van der Waals surface area (Å²) in [6.45, 7) is 6.25. The standard InChI is InChI=1S/C15H28N2O3/c1-4-11(3)12(16)13(18)17-9-15(14(19)20)7-5-10(2)6-8-15/h10-12H,4-9,16H2,1-3H3,(H,17,18)(H,19,20)/t10?,11-,12-,15?/m0/s1. The highest BCUT2D eigenvalue weighted by atomic mass is 16.4. The molecule has 20 heavy (non-hydrogen) atoms. The third-order valence-electron chi connectivity index (χ3n) is 4.85. The Bertz CT molecular complexity index is 349. The Kier molecular flexibility index (Phi) is 5.99. The molecule has 1 amide bonds. The quantitative estimate of drug-likeness (QED) is 0.693. The average Bonchev–Trinajstić information content (AvgIpc) is 2.44. The Morgan fingerprint density at radius 2 is 1.95 bits per heavy atom. The first kappa shape index (κ1) is 17.0. The van der Waals surface area contributed by atoms with E-state index in [-0.39, 0.29) is 18.4 Å². The van der Waals surface area contributed by atoms with Crippen LogP contribution in [0.5, 0.6) is 0 Å². The van der Waals surface area contributed by atoms with E-state index in [1.54, 1.807) is 0 Å². The van der Waals surface area contributed by atoms with Crippen molar-refractivity contribution in [2.75, 3.05) is 6.54 Å². The lowest BCUT2D eigenvalue weighted by atomic mass is 9.70. The molecule has 1 rings (SSSR count). The highest BCUT2D eigenvalue weighted by Crippen LogP contribution is 2.38. The van der Waals surface area contributed by atoms with E-state index in [0.29, 0.717) is 18.8 Å². The van der Waals surface area contributed by atoms with Crippen molar-refractivity contribution in [3.8, 4) is 0 Å². The fraction of sp³-hybridized carbons (Fsp3) is 0.867. The molecule has 0 aromatic carbocycles. The van der Waals surface area contributed by atoms with Crippen LogP contribution in [-0.2, 0) is 9.59 Å². The fourth-order valence-electron chi connectivity index (χ4n) is 2.67. The molecule has 0 unspecified atom stereocenters. The Morgan fingerprint density at radius 3 is 2.40 bits per heavy atom. The summed E-state index contributed by atoms with van der Waals surface area (Å²) in [7, 11) is 0. The van der Waals surface area contributed by atoms with E-state index < -0.39 is 17.4 Å². The smallest absolute Gasteiger partial charge is 0.311 e. The molecule has 1 aliphatic carbocycles. The number of nitrogens with one attached hydrogen (secondary N) is 1. The first-order valence-corrected chi connectivity index (χ1v) is 7.59. The van der Waals surface area contributed by atoms with Crippen LogP contribution in [0, 0.1) is 17.3 Å². The molecule has 2 atom stereocenters. The lowest BCUT2D eigenvalue weighted by molar-refractivity contribution is -0.151. The first-order valence-electron chi connectivity index (χ1n) is 7.59. The zero-order valence-corrected chi connectivity index (χ0v) is 12.8. The number of hydrogen-bond acceptors (Lipinski definition) is 3. The zero-order chi connectivity index (χ0) is 15.3. The van der Waals surface area contributed by atoms with Gasteiger partial charge in [-0.15, -0.1) is 0 Å². The molecule has 0 bridgehead atoms. The number of carbonyl (C=O) groups is 2. The minimum absolute atomic E-state index is 0.0992. The van der Waals surface area contributed by atoms with E-state index in [1.165, 1.54) is 0 Å². The molecule has 4 N–H and O–H groups in total. The minimum atomic E-state index is -0.808. The summed E-state index contributed by atoms with van der Waals surface area (Å²) in [5.74, 6) is -0.372. The van der Waals surface area contributed by atoms with Crippen LogP contribution < -0.4 is 11.1 Å². The molecule has 5 heteroatoms. The predicted octanol–water partition coefficient (Wildman–Crippen LogP) is 1.76. The van der Waals surface area contributed by atoms with Gasteiger partial charge >= 0.3 is 5.97 Å². The second kappa shape index (κ2) is 7.07. The molecule has 1 saturated carbocycles. The molecule has 0 heterocycles. The van der Waals surface area contributed by atoms with Crippen molar-refractivity contribution in [1.82, 2.24) is 5.32 Å². The highest BCUT2D eigenvalue weighted by Gasteiger charge is 2.41. The summed E-state index contributed by atoms with van der Waals surface area (Å²) in [6, 6.07) is -0.562. The summed E-state index contributed by atoms with van der Waals surface area (Å²) in [5, 5.41) is 12.3. The van der Waals surface area contributed by atoms with Crippen LogP contribution in [0.3, 0.4) is 0 Å². The Labute approximate surface area is 121 Å². The van der Waals surface area contributed by atoms with Gasteiger partial charge in [-0.3, -0.25) is 9.59 Å². The third-order valence-corrected chi connectivity index (χ3v) is 4.85. The van der Waals surface area contributed by atoms with Crippen LogP contribution in [0.25, 0.3) is 0 Å². The maximum atomic E-state index is 12.0. The zero-order valence-electron chi connectivity index (χ0n) is 12.8. The van der Waals surface area contributed by atoms with Crippen molar-refractivity contribution >= 4 is 11.9 Å². The molecule has 0 radical (unpaired) electrons. The van der Waals surface area contributed by atoms with Gasteiger partial charge in [0.2, 0.25) is 5.91 Å². The number of carboxylic acids is 1. The molecule has 116 valence electrons. The fourth-order valence-corrected chi connectivity index (χ4v) is 2.67. The van der Waals surface area contributed by atoms with Crippen molar-refractivity contribution < 1.29 is 14.7 Å². The van der Waals surface area contributed by atoms with Crippen molar-refractivity contribution in [1.29, 1.82) is 0 Å². The van der Waals surface area contributed by atoms with Gasteiger partial charge in [0.25, 0.3) is 0 Å². The van der Waals surface area contributed by atoms with Crippen molar-refractivity contribution in [2.24, 2.45) is 23.0 Å². The topological polar surface area (TPSA) is 92.4 Å². The number of amides is 1. The van der Waals surface area contributed by atoms with Gasteiger partial charge in [-0.05, 0) is 37.5 Å². The van der Waals surface area contributed by atoms with Crippen LogP contribution in [0.1, 0.15) is 52.9 Å². The van der Waals surface area contributed by atoms with Crippen LogP contribution in [-0.4, -0.2) is 29.6 Å². The summed E-state index contributed by atoms with van der Waals surface area (Å²) in [6.07, 6.45) is 3.89.